The molecule has 0 radical (unpaired) electrons. The van der Waals surface area contributed by atoms with Gasteiger partial charge in [0.1, 0.15) is 11.2 Å². The highest BCUT2D eigenvalue weighted by atomic mass is 35.5. The molecule has 1 aliphatic carbocycles. The molecule has 0 aliphatic heterocycles. The largest absolute Gasteiger partial charge is 0.355 e. The summed E-state index contributed by atoms with van der Waals surface area (Å²) >= 11 is 5.93. The molecule has 0 heterocycles. The van der Waals surface area contributed by atoms with Crippen LogP contribution in [-0.2, 0) is 16.0 Å². The van der Waals surface area contributed by atoms with Gasteiger partial charge < -0.3 is 10.6 Å². The van der Waals surface area contributed by atoms with E-state index in [-0.39, 0.29) is 5.91 Å². The summed E-state index contributed by atoms with van der Waals surface area (Å²) in [5.41, 5.74) is 0.325. The number of anilines is 1. The summed E-state index contributed by atoms with van der Waals surface area (Å²) in [6.07, 6.45) is 1.63. The third-order valence-electron chi connectivity index (χ3n) is 4.29. The SMILES string of the molecule is O=C(NCCc1cccc(Cl)c1)C1(C(=O)Nc2cccc(F)c2)CC1. The first-order chi connectivity index (χ1) is 12.0. The molecule has 25 heavy (non-hydrogen) atoms. The Morgan fingerprint density at radius 2 is 1.84 bits per heavy atom. The molecule has 1 fully saturated rings. The molecule has 2 amide bonds. The summed E-state index contributed by atoms with van der Waals surface area (Å²) in [6.45, 7) is 0.425. The summed E-state index contributed by atoms with van der Waals surface area (Å²) in [4.78, 5) is 24.8. The van der Waals surface area contributed by atoms with Gasteiger partial charge >= 0.3 is 0 Å². The van der Waals surface area contributed by atoms with E-state index in [1.165, 1.54) is 18.2 Å². The molecule has 0 atom stereocenters. The lowest BCUT2D eigenvalue weighted by atomic mass is 10.0. The molecule has 0 saturated heterocycles. The van der Waals surface area contributed by atoms with Crippen molar-refractivity contribution in [2.45, 2.75) is 19.3 Å². The summed E-state index contributed by atoms with van der Waals surface area (Å²) in [7, 11) is 0. The molecule has 0 unspecified atom stereocenters. The normalized spacial score (nSPS) is 14.6. The molecule has 6 heteroatoms. The van der Waals surface area contributed by atoms with Gasteiger partial charge in [0.05, 0.1) is 0 Å². The lowest BCUT2D eigenvalue weighted by Gasteiger charge is -2.15. The minimum absolute atomic E-state index is 0.288. The van der Waals surface area contributed by atoms with Gasteiger partial charge in [-0.2, -0.15) is 0 Å². The number of hydrogen-bond donors (Lipinski definition) is 2. The maximum atomic E-state index is 13.2. The predicted octanol–water partition coefficient (Wildman–Crippen LogP) is 3.56. The Hall–Kier alpha value is -2.40. The van der Waals surface area contributed by atoms with Crippen LogP contribution in [0, 0.1) is 11.2 Å². The van der Waals surface area contributed by atoms with Crippen LogP contribution in [0.25, 0.3) is 0 Å². The number of hydrogen-bond acceptors (Lipinski definition) is 2. The van der Waals surface area contributed by atoms with Crippen LogP contribution in [0.3, 0.4) is 0 Å². The van der Waals surface area contributed by atoms with Crippen LogP contribution in [0.2, 0.25) is 5.02 Å². The van der Waals surface area contributed by atoms with Crippen LogP contribution in [-0.4, -0.2) is 18.4 Å². The Bertz CT molecular complexity index is 806. The van der Waals surface area contributed by atoms with E-state index in [9.17, 15) is 14.0 Å². The van der Waals surface area contributed by atoms with E-state index >= 15 is 0 Å². The third kappa shape index (κ3) is 4.17. The minimum atomic E-state index is -1.04. The maximum absolute atomic E-state index is 13.2. The number of carbonyl (C=O) groups excluding carboxylic acids is 2. The third-order valence-corrected chi connectivity index (χ3v) is 4.53. The number of benzene rings is 2. The maximum Gasteiger partial charge on any atom is 0.240 e. The van der Waals surface area contributed by atoms with E-state index < -0.39 is 17.1 Å². The van der Waals surface area contributed by atoms with E-state index in [4.69, 9.17) is 11.6 Å². The van der Waals surface area contributed by atoms with Crippen LogP contribution in [0.4, 0.5) is 10.1 Å². The highest BCUT2D eigenvalue weighted by molar-refractivity contribution is 6.30. The fraction of sp³-hybridized carbons (Fsp3) is 0.263. The number of rotatable bonds is 6. The van der Waals surface area contributed by atoms with E-state index in [0.717, 1.165) is 5.56 Å². The summed E-state index contributed by atoms with van der Waals surface area (Å²) in [5, 5.41) is 6.09. The zero-order chi connectivity index (χ0) is 17.9. The van der Waals surface area contributed by atoms with E-state index in [1.807, 2.05) is 18.2 Å². The second kappa shape index (κ2) is 7.23. The van der Waals surface area contributed by atoms with Crippen molar-refractivity contribution >= 4 is 29.1 Å². The fourth-order valence-electron chi connectivity index (χ4n) is 2.68. The van der Waals surface area contributed by atoms with Crippen LogP contribution in [0.5, 0.6) is 0 Å². The molecule has 2 N–H and O–H groups in total. The first kappa shape index (κ1) is 17.4. The van der Waals surface area contributed by atoms with E-state index in [0.29, 0.717) is 36.5 Å². The molecule has 0 bridgehead atoms. The van der Waals surface area contributed by atoms with Crippen molar-refractivity contribution < 1.29 is 14.0 Å². The van der Waals surface area contributed by atoms with Crippen LogP contribution >= 0.6 is 11.6 Å². The lowest BCUT2D eigenvalue weighted by molar-refractivity contribution is -0.134. The molecule has 0 aromatic heterocycles. The molecule has 3 rings (SSSR count). The standard InChI is InChI=1S/C19H18ClFN2O2/c20-14-4-1-3-13(11-14)7-10-22-17(24)19(8-9-19)18(25)23-16-6-2-5-15(21)12-16/h1-6,11-12H,7-10H2,(H,22,24)(H,23,25). The average Bonchev–Trinajstić information content (AvgIpc) is 3.37. The van der Waals surface area contributed by atoms with Crippen molar-refractivity contribution in [3.63, 3.8) is 0 Å². The monoisotopic (exact) mass is 360 g/mol. The summed E-state index contributed by atoms with van der Waals surface area (Å²) in [6, 6.07) is 13.0. The zero-order valence-electron chi connectivity index (χ0n) is 13.5. The molecule has 2 aromatic carbocycles. The van der Waals surface area contributed by atoms with Gasteiger partial charge in [-0.1, -0.05) is 29.8 Å². The van der Waals surface area contributed by atoms with Crippen molar-refractivity contribution in [2.24, 2.45) is 5.41 Å². The van der Waals surface area contributed by atoms with Gasteiger partial charge in [-0.3, -0.25) is 9.59 Å². The minimum Gasteiger partial charge on any atom is -0.355 e. The van der Waals surface area contributed by atoms with Gasteiger partial charge in [0.25, 0.3) is 0 Å². The Balaban J connectivity index is 1.55. The van der Waals surface area contributed by atoms with E-state index in [2.05, 4.69) is 10.6 Å². The Kier molecular flexibility index (Phi) is 5.04. The number of amides is 2. The molecule has 0 spiro atoms. The van der Waals surface area contributed by atoms with Crippen LogP contribution in [0.1, 0.15) is 18.4 Å². The van der Waals surface area contributed by atoms with Gasteiger partial charge in [0.15, 0.2) is 0 Å². The first-order valence-corrected chi connectivity index (χ1v) is 8.47. The highest BCUT2D eigenvalue weighted by Gasteiger charge is 2.56. The van der Waals surface area contributed by atoms with Crippen molar-refractivity contribution in [1.29, 1.82) is 0 Å². The topological polar surface area (TPSA) is 58.2 Å². The second-order valence-corrected chi connectivity index (χ2v) is 6.62. The van der Waals surface area contributed by atoms with Gasteiger partial charge in [0, 0.05) is 17.3 Å². The fourth-order valence-corrected chi connectivity index (χ4v) is 2.89. The average molecular weight is 361 g/mol. The zero-order valence-corrected chi connectivity index (χ0v) is 14.3. The smallest absolute Gasteiger partial charge is 0.240 e. The Labute approximate surface area is 150 Å². The molecule has 2 aromatic rings. The molecular formula is C19H18ClFN2O2. The van der Waals surface area contributed by atoms with Crippen molar-refractivity contribution in [2.75, 3.05) is 11.9 Å². The number of carbonyl (C=O) groups is 2. The molecule has 1 saturated carbocycles. The lowest BCUT2D eigenvalue weighted by Crippen LogP contribution is -2.40. The van der Waals surface area contributed by atoms with Crippen LogP contribution < -0.4 is 10.6 Å². The van der Waals surface area contributed by atoms with Crippen LogP contribution in [0.15, 0.2) is 48.5 Å². The van der Waals surface area contributed by atoms with E-state index in [1.54, 1.807) is 12.1 Å². The quantitative estimate of drug-likeness (QED) is 0.774. The Morgan fingerprint density at radius 3 is 2.52 bits per heavy atom. The molecular weight excluding hydrogens is 343 g/mol. The van der Waals surface area contributed by atoms with Crippen molar-refractivity contribution in [3.8, 4) is 0 Å². The molecule has 130 valence electrons. The number of nitrogens with one attached hydrogen (secondary N) is 2. The summed E-state index contributed by atoms with van der Waals surface area (Å²) in [5.74, 6) is -1.12. The molecule has 1 aliphatic rings. The summed E-state index contributed by atoms with van der Waals surface area (Å²) < 4.78 is 13.2. The Morgan fingerprint density at radius 1 is 1.08 bits per heavy atom. The highest BCUT2D eigenvalue weighted by Crippen LogP contribution is 2.46. The first-order valence-electron chi connectivity index (χ1n) is 8.09. The van der Waals surface area contributed by atoms with Gasteiger partial charge in [0.2, 0.25) is 11.8 Å². The van der Waals surface area contributed by atoms with Gasteiger partial charge in [-0.15, -0.1) is 0 Å². The molecule has 4 nitrogen and oxygen atoms in total. The number of halogens is 2. The van der Waals surface area contributed by atoms with Crippen molar-refractivity contribution in [3.05, 3.63) is 64.9 Å². The van der Waals surface area contributed by atoms with Crippen molar-refractivity contribution in [1.82, 2.24) is 5.32 Å². The second-order valence-electron chi connectivity index (χ2n) is 6.18. The van der Waals surface area contributed by atoms with Gasteiger partial charge in [-0.25, -0.2) is 4.39 Å². The van der Waals surface area contributed by atoms with Gasteiger partial charge in [-0.05, 0) is 55.2 Å². The predicted molar refractivity (Wildman–Crippen MR) is 94.9 cm³/mol.